The summed E-state index contributed by atoms with van der Waals surface area (Å²) in [6, 6.07) is 23.1. The van der Waals surface area contributed by atoms with Gasteiger partial charge >= 0.3 is 5.97 Å². The van der Waals surface area contributed by atoms with Crippen molar-refractivity contribution in [1.29, 1.82) is 0 Å². The lowest BCUT2D eigenvalue weighted by Gasteiger charge is -2.13. The first-order chi connectivity index (χ1) is 16.0. The lowest BCUT2D eigenvalue weighted by molar-refractivity contribution is 0.0295. The van der Waals surface area contributed by atoms with Gasteiger partial charge in [-0.1, -0.05) is 60.1 Å². The van der Waals surface area contributed by atoms with E-state index in [1.807, 2.05) is 30.3 Å². The Hall–Kier alpha value is -4.30. The van der Waals surface area contributed by atoms with Crippen LogP contribution >= 0.6 is 11.6 Å². The van der Waals surface area contributed by atoms with Gasteiger partial charge in [-0.05, 0) is 30.3 Å². The maximum absolute atomic E-state index is 12.9. The van der Waals surface area contributed by atoms with Crippen molar-refractivity contribution in [2.45, 2.75) is 6.23 Å². The van der Waals surface area contributed by atoms with E-state index in [9.17, 15) is 9.59 Å². The van der Waals surface area contributed by atoms with E-state index in [1.165, 1.54) is 4.68 Å². The number of esters is 1. The Balaban J connectivity index is 1.72. The zero-order chi connectivity index (χ0) is 22.9. The molecular formula is C24H16ClN5O3. The van der Waals surface area contributed by atoms with Gasteiger partial charge in [-0.2, -0.15) is 0 Å². The van der Waals surface area contributed by atoms with Crippen molar-refractivity contribution in [1.82, 2.24) is 14.8 Å². The summed E-state index contributed by atoms with van der Waals surface area (Å²) >= 11 is 6.31. The fourth-order valence-electron chi connectivity index (χ4n) is 3.54. The van der Waals surface area contributed by atoms with Crippen molar-refractivity contribution in [2.24, 2.45) is 10.7 Å². The highest BCUT2D eigenvalue weighted by atomic mass is 35.5. The van der Waals surface area contributed by atoms with Gasteiger partial charge in [0.15, 0.2) is 5.82 Å². The van der Waals surface area contributed by atoms with Crippen LogP contribution in [0.25, 0.3) is 5.69 Å². The number of halogens is 1. The minimum absolute atomic E-state index is 0.141. The number of rotatable bonds is 4. The van der Waals surface area contributed by atoms with E-state index in [1.54, 1.807) is 48.5 Å². The van der Waals surface area contributed by atoms with Crippen LogP contribution in [0.4, 0.5) is 0 Å². The molecule has 1 unspecified atom stereocenters. The second-order valence-corrected chi connectivity index (χ2v) is 7.63. The van der Waals surface area contributed by atoms with Gasteiger partial charge in [0.25, 0.3) is 12.1 Å². The van der Waals surface area contributed by atoms with E-state index in [4.69, 9.17) is 27.1 Å². The molecule has 3 aromatic carbocycles. The number of hydrogen-bond acceptors (Lipinski definition) is 6. The van der Waals surface area contributed by atoms with Gasteiger partial charge in [0, 0.05) is 16.1 Å². The summed E-state index contributed by atoms with van der Waals surface area (Å²) in [5.41, 5.74) is 8.28. The number of primary amides is 1. The van der Waals surface area contributed by atoms with Gasteiger partial charge in [0.2, 0.25) is 5.82 Å². The highest BCUT2D eigenvalue weighted by Crippen LogP contribution is 2.32. The molecule has 1 aromatic heterocycles. The van der Waals surface area contributed by atoms with Crippen LogP contribution in [0, 0.1) is 0 Å². The second kappa shape index (κ2) is 8.33. The summed E-state index contributed by atoms with van der Waals surface area (Å²) in [5.74, 6) is -1.49. The molecule has 0 saturated heterocycles. The quantitative estimate of drug-likeness (QED) is 0.469. The molecule has 162 valence electrons. The van der Waals surface area contributed by atoms with Crippen molar-refractivity contribution in [2.75, 3.05) is 0 Å². The van der Waals surface area contributed by atoms with Crippen molar-refractivity contribution in [3.8, 4) is 5.69 Å². The second-order valence-electron chi connectivity index (χ2n) is 7.20. The fraction of sp³-hybridized carbons (Fsp3) is 0.0417. The van der Waals surface area contributed by atoms with Crippen molar-refractivity contribution in [3.63, 3.8) is 0 Å². The summed E-state index contributed by atoms with van der Waals surface area (Å²) < 4.78 is 7.17. The predicted octanol–water partition coefficient (Wildman–Crippen LogP) is 3.73. The summed E-state index contributed by atoms with van der Waals surface area (Å²) in [4.78, 5) is 33.7. The number of benzene rings is 3. The third kappa shape index (κ3) is 3.88. The molecule has 5 rings (SSSR count). The van der Waals surface area contributed by atoms with E-state index in [2.05, 4.69) is 10.1 Å². The van der Waals surface area contributed by atoms with Crippen molar-refractivity contribution < 1.29 is 14.3 Å². The van der Waals surface area contributed by atoms with Crippen LogP contribution < -0.4 is 5.73 Å². The Kier molecular flexibility index (Phi) is 5.20. The molecule has 1 aliphatic heterocycles. The van der Waals surface area contributed by atoms with E-state index < -0.39 is 18.1 Å². The number of aromatic nitrogens is 3. The van der Waals surface area contributed by atoms with Gasteiger partial charge < -0.3 is 10.5 Å². The molecule has 4 aromatic rings. The number of carbonyl (C=O) groups is 2. The average molecular weight is 458 g/mol. The van der Waals surface area contributed by atoms with Crippen LogP contribution in [0.2, 0.25) is 5.02 Å². The molecule has 1 amide bonds. The molecule has 0 spiro atoms. The number of hydrogen-bond donors (Lipinski definition) is 1. The fourth-order valence-corrected chi connectivity index (χ4v) is 3.71. The van der Waals surface area contributed by atoms with E-state index >= 15 is 0 Å². The molecule has 0 fully saturated rings. The zero-order valence-corrected chi connectivity index (χ0v) is 17.8. The number of amides is 1. The third-order valence-corrected chi connectivity index (χ3v) is 5.27. The minimum atomic E-state index is -1.19. The molecule has 2 N–H and O–H groups in total. The Labute approximate surface area is 193 Å². The van der Waals surface area contributed by atoms with Crippen LogP contribution in [0.15, 0.2) is 83.9 Å². The highest BCUT2D eigenvalue weighted by molar-refractivity contribution is 6.31. The number of fused-ring (bicyclic) bond motifs is 3. The maximum atomic E-state index is 12.9. The first-order valence-electron chi connectivity index (χ1n) is 9.97. The first kappa shape index (κ1) is 20.6. The molecule has 8 nitrogen and oxygen atoms in total. The van der Waals surface area contributed by atoms with Crippen molar-refractivity contribution in [3.05, 3.63) is 112 Å². The van der Waals surface area contributed by atoms with Gasteiger partial charge in [-0.3, -0.25) is 4.79 Å². The summed E-state index contributed by atoms with van der Waals surface area (Å²) in [7, 11) is 0. The number of carbonyl (C=O) groups excluding carboxylic acids is 2. The summed E-state index contributed by atoms with van der Waals surface area (Å²) in [5, 5.41) is 4.74. The normalized spacial score (nSPS) is 14.5. The van der Waals surface area contributed by atoms with Crippen LogP contribution in [0.1, 0.15) is 44.2 Å². The molecular weight excluding hydrogens is 442 g/mol. The molecule has 0 bridgehead atoms. The monoisotopic (exact) mass is 457 g/mol. The Morgan fingerprint density at radius 1 is 0.970 bits per heavy atom. The van der Waals surface area contributed by atoms with Crippen LogP contribution in [-0.4, -0.2) is 32.4 Å². The smallest absolute Gasteiger partial charge is 0.340 e. The summed E-state index contributed by atoms with van der Waals surface area (Å²) in [6.07, 6.45) is -1.19. The lowest BCUT2D eigenvalue weighted by atomic mass is 10.0. The van der Waals surface area contributed by atoms with Crippen LogP contribution in [0.3, 0.4) is 0 Å². The number of aliphatic imine (C=N–C) groups is 1. The first-order valence-corrected chi connectivity index (χ1v) is 10.4. The van der Waals surface area contributed by atoms with Gasteiger partial charge in [-0.15, -0.1) is 5.10 Å². The molecule has 1 atom stereocenters. The topological polar surface area (TPSA) is 112 Å². The molecule has 33 heavy (non-hydrogen) atoms. The Morgan fingerprint density at radius 2 is 1.67 bits per heavy atom. The standard InChI is InChI=1S/C24H16ClN5O3/c25-16-11-12-18-17(13-16)19(14-7-3-1-4-8-14)27-23(22-28-21(20(26)31)29-30(18)22)33-24(32)15-9-5-2-6-10-15/h1-13,23H,(H2,26,31). The highest BCUT2D eigenvalue weighted by Gasteiger charge is 2.32. The van der Waals surface area contributed by atoms with Gasteiger partial charge in [0.05, 0.1) is 17.0 Å². The average Bonchev–Trinajstić information content (AvgIpc) is 3.24. The lowest BCUT2D eigenvalue weighted by Crippen LogP contribution is -2.15. The summed E-state index contributed by atoms with van der Waals surface area (Å²) in [6.45, 7) is 0. The molecule has 1 aliphatic rings. The molecule has 2 heterocycles. The SMILES string of the molecule is NC(=O)c1nc2n(n1)-c1ccc(Cl)cc1C(c1ccccc1)=NC2OC(=O)c1ccccc1. The number of ether oxygens (including phenoxy) is 1. The van der Waals surface area contributed by atoms with E-state index in [0.29, 0.717) is 27.5 Å². The van der Waals surface area contributed by atoms with Gasteiger partial charge in [-0.25, -0.2) is 19.5 Å². The maximum Gasteiger partial charge on any atom is 0.340 e. The van der Waals surface area contributed by atoms with Crippen LogP contribution in [0.5, 0.6) is 0 Å². The Morgan fingerprint density at radius 3 is 2.36 bits per heavy atom. The minimum Gasteiger partial charge on any atom is -0.428 e. The Bertz CT molecular complexity index is 1400. The van der Waals surface area contributed by atoms with Gasteiger partial charge in [0.1, 0.15) is 0 Å². The largest absolute Gasteiger partial charge is 0.428 e. The third-order valence-electron chi connectivity index (χ3n) is 5.04. The van der Waals surface area contributed by atoms with Crippen molar-refractivity contribution >= 4 is 29.2 Å². The zero-order valence-electron chi connectivity index (χ0n) is 17.1. The molecule has 0 aliphatic carbocycles. The van der Waals surface area contributed by atoms with E-state index in [-0.39, 0.29) is 11.6 Å². The number of nitrogens with zero attached hydrogens (tertiary/aromatic N) is 4. The number of nitrogens with two attached hydrogens (primary N) is 1. The predicted molar refractivity (Wildman–Crippen MR) is 122 cm³/mol. The molecule has 9 heteroatoms. The molecule has 0 radical (unpaired) electrons. The van der Waals surface area contributed by atoms with E-state index in [0.717, 1.165) is 5.56 Å². The molecule has 0 saturated carbocycles. The van der Waals surface area contributed by atoms with Crippen LogP contribution in [-0.2, 0) is 4.74 Å².